The molecule has 1 amide bonds. The molecule has 0 aromatic rings. The summed E-state index contributed by atoms with van der Waals surface area (Å²) in [7, 11) is 0. The maximum absolute atomic E-state index is 12.3. The molecule has 1 saturated carbocycles. The Labute approximate surface area is 117 Å². The molecule has 0 spiro atoms. The van der Waals surface area contributed by atoms with Crippen molar-refractivity contribution in [2.75, 3.05) is 32.7 Å². The van der Waals surface area contributed by atoms with E-state index >= 15 is 0 Å². The quantitative estimate of drug-likeness (QED) is 0.758. The average molecular weight is 267 g/mol. The zero-order valence-corrected chi connectivity index (χ0v) is 12.5. The summed E-state index contributed by atoms with van der Waals surface area (Å²) in [5.74, 6) is 0.299. The molecule has 110 valence electrons. The van der Waals surface area contributed by atoms with Gasteiger partial charge in [0.15, 0.2) is 0 Å². The highest BCUT2D eigenvalue weighted by atomic mass is 16.2. The second-order valence-electron chi connectivity index (χ2n) is 5.87. The predicted octanol–water partition coefficient (Wildman–Crippen LogP) is 1.46. The monoisotopic (exact) mass is 267 g/mol. The van der Waals surface area contributed by atoms with E-state index in [-0.39, 0.29) is 0 Å². The van der Waals surface area contributed by atoms with Crippen LogP contribution in [0.2, 0.25) is 0 Å². The van der Waals surface area contributed by atoms with Crippen molar-refractivity contribution in [3.8, 4) is 0 Å². The average Bonchev–Trinajstić information content (AvgIpc) is 3.25. The minimum atomic E-state index is 0.299. The van der Waals surface area contributed by atoms with Crippen LogP contribution >= 0.6 is 0 Å². The van der Waals surface area contributed by atoms with Gasteiger partial charge in [-0.05, 0) is 46.1 Å². The topological polar surface area (TPSA) is 35.6 Å². The highest BCUT2D eigenvalue weighted by Gasteiger charge is 2.32. The van der Waals surface area contributed by atoms with Gasteiger partial charge in [0.25, 0.3) is 0 Å². The highest BCUT2D eigenvalue weighted by Crippen LogP contribution is 2.27. The fourth-order valence-electron chi connectivity index (χ4n) is 3.00. The fourth-order valence-corrected chi connectivity index (χ4v) is 3.00. The summed E-state index contributed by atoms with van der Waals surface area (Å²) in [5, 5.41) is 3.60. The van der Waals surface area contributed by atoms with Crippen LogP contribution in [0.4, 0.5) is 0 Å². The van der Waals surface area contributed by atoms with Crippen LogP contribution in [0.5, 0.6) is 0 Å². The molecule has 1 unspecified atom stereocenters. The van der Waals surface area contributed by atoms with E-state index in [4.69, 9.17) is 0 Å². The molecule has 0 aromatic carbocycles. The molecule has 2 rings (SSSR count). The largest absolute Gasteiger partial charge is 0.342 e. The van der Waals surface area contributed by atoms with Crippen molar-refractivity contribution in [3.05, 3.63) is 0 Å². The summed E-state index contributed by atoms with van der Waals surface area (Å²) >= 11 is 0. The summed E-state index contributed by atoms with van der Waals surface area (Å²) < 4.78 is 0. The molecular formula is C15H29N3O. The molecule has 1 atom stereocenters. The van der Waals surface area contributed by atoms with Gasteiger partial charge in [0, 0.05) is 31.7 Å². The lowest BCUT2D eigenvalue weighted by molar-refractivity contribution is -0.132. The Hall–Kier alpha value is -0.610. The molecule has 4 heteroatoms. The third-order valence-corrected chi connectivity index (χ3v) is 4.39. The number of likely N-dealkylation sites (N-methyl/N-ethyl adjacent to an activating group) is 1. The summed E-state index contributed by atoms with van der Waals surface area (Å²) in [5.41, 5.74) is 0. The van der Waals surface area contributed by atoms with Crippen molar-refractivity contribution in [2.45, 2.75) is 58.0 Å². The Balaban J connectivity index is 1.83. The Kier molecular flexibility index (Phi) is 5.64. The van der Waals surface area contributed by atoms with Crippen molar-refractivity contribution in [1.29, 1.82) is 0 Å². The maximum Gasteiger partial charge on any atom is 0.236 e. The lowest BCUT2D eigenvalue weighted by atomic mass is 10.0. The Morgan fingerprint density at radius 2 is 1.89 bits per heavy atom. The van der Waals surface area contributed by atoms with E-state index in [0.717, 1.165) is 26.2 Å². The van der Waals surface area contributed by atoms with E-state index < -0.39 is 0 Å². The van der Waals surface area contributed by atoms with Crippen LogP contribution in [-0.2, 0) is 4.79 Å². The number of carbonyl (C=O) groups is 1. The number of rotatable bonds is 7. The van der Waals surface area contributed by atoms with Gasteiger partial charge >= 0.3 is 0 Å². The summed E-state index contributed by atoms with van der Waals surface area (Å²) in [6, 6.07) is 1.27. The van der Waals surface area contributed by atoms with Crippen molar-refractivity contribution >= 4 is 5.91 Å². The highest BCUT2D eigenvalue weighted by molar-refractivity contribution is 5.78. The minimum Gasteiger partial charge on any atom is -0.342 e. The molecule has 1 aliphatic carbocycles. The van der Waals surface area contributed by atoms with Gasteiger partial charge in [0.05, 0.1) is 6.54 Å². The van der Waals surface area contributed by atoms with Gasteiger partial charge in [0.2, 0.25) is 5.91 Å². The fraction of sp³-hybridized carbons (Fsp3) is 0.933. The van der Waals surface area contributed by atoms with Crippen molar-refractivity contribution in [2.24, 2.45) is 0 Å². The first-order valence-corrected chi connectivity index (χ1v) is 7.99. The summed E-state index contributed by atoms with van der Waals surface area (Å²) in [4.78, 5) is 16.6. The van der Waals surface area contributed by atoms with Gasteiger partial charge in [-0.2, -0.15) is 0 Å². The van der Waals surface area contributed by atoms with E-state index in [1.54, 1.807) is 0 Å². The number of hydrogen-bond donors (Lipinski definition) is 1. The van der Waals surface area contributed by atoms with Crippen molar-refractivity contribution in [3.63, 3.8) is 0 Å². The van der Waals surface area contributed by atoms with Gasteiger partial charge in [-0.3, -0.25) is 9.69 Å². The molecule has 2 fully saturated rings. The predicted molar refractivity (Wildman–Crippen MR) is 78.2 cm³/mol. The van der Waals surface area contributed by atoms with E-state index in [1.807, 2.05) is 4.90 Å². The molecule has 1 aliphatic heterocycles. The smallest absolute Gasteiger partial charge is 0.236 e. The van der Waals surface area contributed by atoms with E-state index in [2.05, 4.69) is 24.1 Å². The second-order valence-corrected chi connectivity index (χ2v) is 5.87. The van der Waals surface area contributed by atoms with Crippen LogP contribution in [0.1, 0.15) is 46.0 Å². The molecule has 0 bridgehead atoms. The van der Waals surface area contributed by atoms with Crippen LogP contribution in [-0.4, -0.2) is 60.5 Å². The van der Waals surface area contributed by atoms with Gasteiger partial charge in [0.1, 0.15) is 0 Å². The van der Waals surface area contributed by atoms with Gasteiger partial charge in [-0.25, -0.2) is 0 Å². The zero-order chi connectivity index (χ0) is 13.7. The Bertz CT molecular complexity index is 281. The SMILES string of the molecule is CCN(CC)C(=O)CN(CC1CCCCN1)C1CC1. The van der Waals surface area contributed by atoms with Crippen LogP contribution in [0.15, 0.2) is 0 Å². The van der Waals surface area contributed by atoms with Gasteiger partial charge in [-0.15, -0.1) is 0 Å². The van der Waals surface area contributed by atoms with Crippen LogP contribution < -0.4 is 5.32 Å². The third kappa shape index (κ3) is 4.46. The number of hydrogen-bond acceptors (Lipinski definition) is 3. The van der Waals surface area contributed by atoms with Crippen molar-refractivity contribution in [1.82, 2.24) is 15.1 Å². The van der Waals surface area contributed by atoms with Gasteiger partial charge < -0.3 is 10.2 Å². The lowest BCUT2D eigenvalue weighted by Crippen LogP contribution is -2.48. The van der Waals surface area contributed by atoms with Crippen LogP contribution in [0, 0.1) is 0 Å². The Morgan fingerprint density at radius 3 is 2.42 bits per heavy atom. The molecule has 1 saturated heterocycles. The third-order valence-electron chi connectivity index (χ3n) is 4.39. The second kappa shape index (κ2) is 7.25. The molecule has 4 nitrogen and oxygen atoms in total. The zero-order valence-electron chi connectivity index (χ0n) is 12.5. The van der Waals surface area contributed by atoms with E-state index in [0.29, 0.717) is 24.5 Å². The minimum absolute atomic E-state index is 0.299. The van der Waals surface area contributed by atoms with E-state index in [1.165, 1.54) is 32.1 Å². The number of nitrogens with one attached hydrogen (secondary N) is 1. The molecule has 0 radical (unpaired) electrons. The van der Waals surface area contributed by atoms with Crippen LogP contribution in [0.25, 0.3) is 0 Å². The number of amides is 1. The summed E-state index contributed by atoms with van der Waals surface area (Å²) in [6.07, 6.45) is 6.46. The van der Waals surface area contributed by atoms with E-state index in [9.17, 15) is 4.79 Å². The molecule has 2 aliphatic rings. The summed E-state index contributed by atoms with van der Waals surface area (Å²) in [6.45, 7) is 8.59. The first kappa shape index (κ1) is 14.8. The first-order valence-electron chi connectivity index (χ1n) is 7.99. The van der Waals surface area contributed by atoms with Crippen molar-refractivity contribution < 1.29 is 4.79 Å². The maximum atomic E-state index is 12.3. The van der Waals surface area contributed by atoms with Crippen LogP contribution in [0.3, 0.4) is 0 Å². The molecular weight excluding hydrogens is 238 g/mol. The Morgan fingerprint density at radius 1 is 1.16 bits per heavy atom. The number of nitrogens with zero attached hydrogens (tertiary/aromatic N) is 2. The molecule has 0 aromatic heterocycles. The normalized spacial score (nSPS) is 23.6. The lowest BCUT2D eigenvalue weighted by Gasteiger charge is -2.31. The molecule has 1 N–H and O–H groups in total. The molecule has 19 heavy (non-hydrogen) atoms. The van der Waals surface area contributed by atoms with Gasteiger partial charge in [-0.1, -0.05) is 6.42 Å². The standard InChI is InChI=1S/C15H29N3O/c1-3-17(4-2)15(19)12-18(14-8-9-14)11-13-7-5-6-10-16-13/h13-14,16H,3-12H2,1-2H3. The first-order chi connectivity index (χ1) is 9.24. The molecule has 1 heterocycles. The number of carbonyl (C=O) groups excluding carboxylic acids is 1. The number of piperidine rings is 1.